The summed E-state index contributed by atoms with van der Waals surface area (Å²) in [4.78, 5) is 12.8. The van der Waals surface area contributed by atoms with Gasteiger partial charge in [0.15, 0.2) is 0 Å². The number of aryl methyl sites for hydroxylation is 1. The van der Waals surface area contributed by atoms with Crippen LogP contribution >= 0.6 is 0 Å². The van der Waals surface area contributed by atoms with Gasteiger partial charge in [0, 0.05) is 11.8 Å². The SMILES string of the molecule is CCC(CO)NC(=O)c1cn(-c2ccc(F)cc2)nc1-c1ccc(C)cc1. The summed E-state index contributed by atoms with van der Waals surface area (Å²) < 4.78 is 14.8. The van der Waals surface area contributed by atoms with Gasteiger partial charge in [-0.3, -0.25) is 4.79 Å². The van der Waals surface area contributed by atoms with Gasteiger partial charge in [0.25, 0.3) is 5.91 Å². The molecule has 0 aliphatic rings. The lowest BCUT2D eigenvalue weighted by atomic mass is 10.1. The highest BCUT2D eigenvalue weighted by atomic mass is 19.1. The standard InChI is InChI=1S/C21H22FN3O2/c1-3-17(13-26)23-21(27)19-12-25(18-10-8-16(22)9-11-18)24-20(19)15-6-4-14(2)5-7-15/h4-12,17,26H,3,13H2,1-2H3,(H,23,27). The number of aliphatic hydroxyl groups is 1. The maximum atomic E-state index is 13.2. The number of benzene rings is 2. The van der Waals surface area contributed by atoms with Gasteiger partial charge in [0.05, 0.1) is 23.9 Å². The molecule has 1 atom stereocenters. The van der Waals surface area contributed by atoms with Crippen molar-refractivity contribution in [3.05, 3.63) is 71.7 Å². The largest absolute Gasteiger partial charge is 0.394 e. The molecule has 2 N–H and O–H groups in total. The molecule has 27 heavy (non-hydrogen) atoms. The number of hydrogen-bond acceptors (Lipinski definition) is 3. The van der Waals surface area contributed by atoms with E-state index in [1.54, 1.807) is 23.0 Å². The normalized spacial score (nSPS) is 12.0. The molecule has 140 valence electrons. The lowest BCUT2D eigenvalue weighted by molar-refractivity contribution is 0.0915. The second-order valence-corrected chi connectivity index (χ2v) is 6.44. The van der Waals surface area contributed by atoms with Crippen LogP contribution in [-0.4, -0.2) is 33.4 Å². The Morgan fingerprint density at radius 3 is 2.44 bits per heavy atom. The van der Waals surface area contributed by atoms with Gasteiger partial charge < -0.3 is 10.4 Å². The summed E-state index contributed by atoms with van der Waals surface area (Å²) in [6, 6.07) is 13.3. The minimum Gasteiger partial charge on any atom is -0.394 e. The number of nitrogens with one attached hydrogen (secondary N) is 1. The number of hydrogen-bond donors (Lipinski definition) is 2. The van der Waals surface area contributed by atoms with E-state index in [0.717, 1.165) is 11.1 Å². The van der Waals surface area contributed by atoms with E-state index in [0.29, 0.717) is 23.4 Å². The minimum absolute atomic E-state index is 0.131. The summed E-state index contributed by atoms with van der Waals surface area (Å²) in [5, 5.41) is 16.8. The molecule has 1 heterocycles. The molecule has 0 bridgehead atoms. The zero-order valence-corrected chi connectivity index (χ0v) is 15.3. The van der Waals surface area contributed by atoms with E-state index in [1.807, 2.05) is 38.1 Å². The van der Waals surface area contributed by atoms with E-state index in [1.165, 1.54) is 12.1 Å². The van der Waals surface area contributed by atoms with Crippen molar-refractivity contribution in [3.8, 4) is 16.9 Å². The summed E-state index contributed by atoms with van der Waals surface area (Å²) in [7, 11) is 0. The maximum absolute atomic E-state index is 13.2. The highest BCUT2D eigenvalue weighted by Gasteiger charge is 2.20. The van der Waals surface area contributed by atoms with Gasteiger partial charge in [-0.15, -0.1) is 0 Å². The topological polar surface area (TPSA) is 67.2 Å². The van der Waals surface area contributed by atoms with Gasteiger partial charge in [0.2, 0.25) is 0 Å². The number of amides is 1. The van der Waals surface area contributed by atoms with Crippen LogP contribution in [0.15, 0.2) is 54.7 Å². The third-order valence-corrected chi connectivity index (χ3v) is 4.42. The lowest BCUT2D eigenvalue weighted by Crippen LogP contribution is -2.37. The average Bonchev–Trinajstić information content (AvgIpc) is 3.12. The number of carbonyl (C=O) groups excluding carboxylic acids is 1. The van der Waals surface area contributed by atoms with E-state index < -0.39 is 0 Å². The van der Waals surface area contributed by atoms with Crippen molar-refractivity contribution in [1.82, 2.24) is 15.1 Å². The zero-order valence-electron chi connectivity index (χ0n) is 15.3. The van der Waals surface area contributed by atoms with Crippen LogP contribution in [-0.2, 0) is 0 Å². The van der Waals surface area contributed by atoms with Crippen molar-refractivity contribution < 1.29 is 14.3 Å². The molecular weight excluding hydrogens is 345 g/mol. The van der Waals surface area contributed by atoms with Gasteiger partial charge >= 0.3 is 0 Å². The first kappa shape index (κ1) is 18.8. The van der Waals surface area contributed by atoms with Crippen LogP contribution in [0.5, 0.6) is 0 Å². The first-order valence-electron chi connectivity index (χ1n) is 8.86. The van der Waals surface area contributed by atoms with Crippen molar-refractivity contribution in [1.29, 1.82) is 0 Å². The maximum Gasteiger partial charge on any atom is 0.255 e. The summed E-state index contributed by atoms with van der Waals surface area (Å²) in [5.74, 6) is -0.642. The predicted molar refractivity (Wildman–Crippen MR) is 102 cm³/mol. The Hall–Kier alpha value is -2.99. The molecule has 1 amide bonds. The van der Waals surface area contributed by atoms with Crippen LogP contribution in [0, 0.1) is 12.7 Å². The molecule has 3 rings (SSSR count). The molecule has 0 spiro atoms. The van der Waals surface area contributed by atoms with Crippen molar-refractivity contribution in [2.45, 2.75) is 26.3 Å². The fourth-order valence-corrected chi connectivity index (χ4v) is 2.73. The van der Waals surface area contributed by atoms with Gasteiger partial charge in [-0.1, -0.05) is 36.8 Å². The Morgan fingerprint density at radius 2 is 1.85 bits per heavy atom. The molecule has 0 saturated heterocycles. The van der Waals surface area contributed by atoms with Crippen molar-refractivity contribution in [2.24, 2.45) is 0 Å². The molecule has 3 aromatic rings. The number of nitrogens with zero attached hydrogens (tertiary/aromatic N) is 2. The van der Waals surface area contributed by atoms with Crippen molar-refractivity contribution in [3.63, 3.8) is 0 Å². The second kappa shape index (κ2) is 8.14. The van der Waals surface area contributed by atoms with Crippen LogP contribution in [0.25, 0.3) is 16.9 Å². The number of carbonyl (C=O) groups is 1. The third kappa shape index (κ3) is 4.23. The van der Waals surface area contributed by atoms with Crippen molar-refractivity contribution >= 4 is 5.91 Å². The Morgan fingerprint density at radius 1 is 1.19 bits per heavy atom. The highest BCUT2D eigenvalue weighted by molar-refractivity contribution is 6.00. The highest BCUT2D eigenvalue weighted by Crippen LogP contribution is 2.24. The summed E-state index contributed by atoms with van der Waals surface area (Å²) in [6.45, 7) is 3.75. The molecular formula is C21H22FN3O2. The quantitative estimate of drug-likeness (QED) is 0.701. The fourth-order valence-electron chi connectivity index (χ4n) is 2.73. The van der Waals surface area contributed by atoms with E-state index >= 15 is 0 Å². The monoisotopic (exact) mass is 367 g/mol. The molecule has 0 saturated carbocycles. The molecule has 6 heteroatoms. The van der Waals surface area contributed by atoms with Crippen LogP contribution in [0.4, 0.5) is 4.39 Å². The van der Waals surface area contributed by atoms with E-state index in [2.05, 4.69) is 10.4 Å². The number of rotatable bonds is 6. The first-order valence-corrected chi connectivity index (χ1v) is 8.86. The Kier molecular flexibility index (Phi) is 5.66. The van der Waals surface area contributed by atoms with Gasteiger partial charge in [0.1, 0.15) is 11.5 Å². The Labute approximate surface area is 157 Å². The second-order valence-electron chi connectivity index (χ2n) is 6.44. The lowest BCUT2D eigenvalue weighted by Gasteiger charge is -2.13. The molecule has 5 nitrogen and oxygen atoms in total. The van der Waals surface area contributed by atoms with Gasteiger partial charge in [-0.05, 0) is 37.6 Å². The number of aliphatic hydroxyl groups excluding tert-OH is 1. The number of halogens is 1. The zero-order chi connectivity index (χ0) is 19.4. The molecule has 0 fully saturated rings. The predicted octanol–water partition coefficient (Wildman–Crippen LogP) is 3.49. The van der Waals surface area contributed by atoms with Crippen LogP contribution in [0.1, 0.15) is 29.3 Å². The molecule has 1 unspecified atom stereocenters. The van der Waals surface area contributed by atoms with Gasteiger partial charge in [-0.2, -0.15) is 5.10 Å². The van der Waals surface area contributed by atoms with Crippen LogP contribution in [0.2, 0.25) is 0 Å². The van der Waals surface area contributed by atoms with E-state index in [9.17, 15) is 14.3 Å². The van der Waals surface area contributed by atoms with E-state index in [-0.39, 0.29) is 24.4 Å². The average molecular weight is 367 g/mol. The van der Waals surface area contributed by atoms with Crippen molar-refractivity contribution in [2.75, 3.05) is 6.61 Å². The first-order chi connectivity index (χ1) is 13.0. The minimum atomic E-state index is -0.337. The Balaban J connectivity index is 2.04. The molecule has 1 aromatic heterocycles. The molecule has 0 radical (unpaired) electrons. The van der Waals surface area contributed by atoms with Crippen LogP contribution in [0.3, 0.4) is 0 Å². The van der Waals surface area contributed by atoms with E-state index in [4.69, 9.17) is 0 Å². The summed E-state index contributed by atoms with van der Waals surface area (Å²) in [5.41, 5.74) is 3.50. The smallest absolute Gasteiger partial charge is 0.255 e. The molecule has 2 aromatic carbocycles. The third-order valence-electron chi connectivity index (χ3n) is 4.42. The summed E-state index contributed by atoms with van der Waals surface area (Å²) >= 11 is 0. The Bertz CT molecular complexity index is 914. The van der Waals surface area contributed by atoms with Crippen LogP contribution < -0.4 is 5.32 Å². The molecule has 0 aliphatic heterocycles. The fraction of sp³-hybridized carbons (Fsp3) is 0.238. The molecule has 0 aliphatic carbocycles. The summed E-state index contributed by atoms with van der Waals surface area (Å²) in [6.07, 6.45) is 2.25. The number of aromatic nitrogens is 2. The van der Waals surface area contributed by atoms with Gasteiger partial charge in [-0.25, -0.2) is 9.07 Å².